The van der Waals surface area contributed by atoms with E-state index in [0.29, 0.717) is 5.75 Å². The van der Waals surface area contributed by atoms with Gasteiger partial charge in [0, 0.05) is 17.0 Å². The second-order valence-corrected chi connectivity index (χ2v) is 6.48. The first kappa shape index (κ1) is 16.1. The molecule has 106 valence electrons. The highest BCUT2D eigenvalue weighted by atomic mass is 32.2. The van der Waals surface area contributed by atoms with Crippen molar-refractivity contribution >= 4 is 23.4 Å². The molecule has 4 heteroatoms. The third-order valence-corrected chi connectivity index (χ3v) is 4.13. The van der Waals surface area contributed by atoms with Crippen LogP contribution in [0, 0.1) is 6.92 Å². The fraction of sp³-hybridized carbons (Fsp3) is 0.533. The monoisotopic (exact) mass is 280 g/mol. The van der Waals surface area contributed by atoms with Crippen molar-refractivity contribution < 1.29 is 4.79 Å². The number of hydrogen-bond donors (Lipinski definition) is 2. The zero-order valence-electron chi connectivity index (χ0n) is 12.2. The minimum absolute atomic E-state index is 0.0400. The highest BCUT2D eigenvalue weighted by Gasteiger charge is 2.13. The molecule has 0 aliphatic rings. The van der Waals surface area contributed by atoms with Gasteiger partial charge in [-0.15, -0.1) is 0 Å². The molecule has 0 unspecified atom stereocenters. The molecule has 3 N–H and O–H groups in total. The van der Waals surface area contributed by atoms with Gasteiger partial charge < -0.3 is 11.1 Å². The summed E-state index contributed by atoms with van der Waals surface area (Å²) in [5.74, 6) is 1.26. The zero-order valence-corrected chi connectivity index (χ0v) is 13.1. The molecule has 1 aromatic rings. The molecule has 0 heterocycles. The first-order valence-corrected chi connectivity index (χ1v) is 7.74. The van der Waals surface area contributed by atoms with Crippen LogP contribution in [0.25, 0.3) is 0 Å². The summed E-state index contributed by atoms with van der Waals surface area (Å²) in [6, 6.07) is 6.10. The fourth-order valence-electron chi connectivity index (χ4n) is 1.78. The fourth-order valence-corrected chi connectivity index (χ4v) is 2.67. The SMILES string of the molecule is CCc1cccc(C)c1NC(=O)CSCC(C)(C)N. The minimum Gasteiger partial charge on any atom is -0.325 e. The minimum atomic E-state index is -0.234. The average Bonchev–Trinajstić information content (AvgIpc) is 2.30. The average molecular weight is 280 g/mol. The summed E-state index contributed by atoms with van der Waals surface area (Å²) in [6.45, 7) is 8.05. The smallest absolute Gasteiger partial charge is 0.234 e. The topological polar surface area (TPSA) is 55.1 Å². The highest BCUT2D eigenvalue weighted by Crippen LogP contribution is 2.21. The Morgan fingerprint density at radius 1 is 1.42 bits per heavy atom. The molecule has 0 aliphatic heterocycles. The van der Waals surface area contributed by atoms with Crippen molar-refractivity contribution in [3.8, 4) is 0 Å². The standard InChI is InChI=1S/C15H24N2OS/c1-5-12-8-6-7-11(2)14(12)17-13(18)9-19-10-15(3,4)16/h6-8H,5,9-10,16H2,1-4H3,(H,17,18). The number of anilines is 1. The maximum atomic E-state index is 11.9. The predicted octanol–water partition coefficient (Wildman–Crippen LogP) is 2.97. The number of nitrogens with one attached hydrogen (secondary N) is 1. The number of benzene rings is 1. The molecule has 0 bridgehead atoms. The van der Waals surface area contributed by atoms with Gasteiger partial charge in [0.1, 0.15) is 0 Å². The Balaban J connectivity index is 2.58. The van der Waals surface area contributed by atoms with Crippen LogP contribution in [0.3, 0.4) is 0 Å². The van der Waals surface area contributed by atoms with Gasteiger partial charge in [0.15, 0.2) is 0 Å². The first-order chi connectivity index (χ1) is 8.83. The van der Waals surface area contributed by atoms with Crippen LogP contribution >= 0.6 is 11.8 Å². The van der Waals surface area contributed by atoms with Gasteiger partial charge in [-0.1, -0.05) is 25.1 Å². The van der Waals surface area contributed by atoms with Crippen LogP contribution in [0.2, 0.25) is 0 Å². The molecule has 3 nitrogen and oxygen atoms in total. The van der Waals surface area contributed by atoms with Crippen molar-refractivity contribution in [3.05, 3.63) is 29.3 Å². The molecule has 0 fully saturated rings. The molecule has 0 aliphatic carbocycles. The van der Waals surface area contributed by atoms with E-state index in [1.807, 2.05) is 32.9 Å². The lowest BCUT2D eigenvalue weighted by atomic mass is 10.1. The second kappa shape index (κ2) is 6.96. The predicted molar refractivity (Wildman–Crippen MR) is 84.8 cm³/mol. The van der Waals surface area contributed by atoms with E-state index in [-0.39, 0.29) is 11.4 Å². The number of amides is 1. The number of carbonyl (C=O) groups excluding carboxylic acids is 1. The lowest BCUT2D eigenvalue weighted by molar-refractivity contribution is -0.113. The Morgan fingerprint density at radius 3 is 2.68 bits per heavy atom. The summed E-state index contributed by atoms with van der Waals surface area (Å²) in [5, 5.41) is 3.02. The maximum absolute atomic E-state index is 11.9. The molecule has 19 heavy (non-hydrogen) atoms. The summed E-state index contributed by atoms with van der Waals surface area (Å²) in [7, 11) is 0. The largest absolute Gasteiger partial charge is 0.325 e. The van der Waals surface area contributed by atoms with Crippen LogP contribution in [0.4, 0.5) is 5.69 Å². The zero-order chi connectivity index (χ0) is 14.5. The van der Waals surface area contributed by atoms with E-state index >= 15 is 0 Å². The summed E-state index contributed by atoms with van der Waals surface area (Å²) in [4.78, 5) is 11.9. The van der Waals surface area contributed by atoms with Crippen LogP contribution < -0.4 is 11.1 Å². The molecule has 0 spiro atoms. The number of rotatable bonds is 6. The summed E-state index contributed by atoms with van der Waals surface area (Å²) >= 11 is 1.57. The number of aryl methyl sites for hydroxylation is 2. The Kier molecular flexibility index (Phi) is 5.88. The van der Waals surface area contributed by atoms with Crippen LogP contribution in [-0.4, -0.2) is 23.0 Å². The van der Waals surface area contributed by atoms with Gasteiger partial charge in [-0.3, -0.25) is 4.79 Å². The van der Waals surface area contributed by atoms with E-state index in [2.05, 4.69) is 18.3 Å². The summed E-state index contributed by atoms with van der Waals surface area (Å²) in [6.07, 6.45) is 0.917. The van der Waals surface area contributed by atoms with Gasteiger partial charge in [0.25, 0.3) is 0 Å². The summed E-state index contributed by atoms with van der Waals surface area (Å²) < 4.78 is 0. The molecule has 0 saturated heterocycles. The molecule has 1 aromatic carbocycles. The van der Waals surface area contributed by atoms with Crippen LogP contribution in [0.15, 0.2) is 18.2 Å². The van der Waals surface area contributed by atoms with Gasteiger partial charge in [-0.2, -0.15) is 11.8 Å². The maximum Gasteiger partial charge on any atom is 0.234 e. The molecule has 1 rings (SSSR count). The third-order valence-electron chi connectivity index (χ3n) is 2.71. The molecule has 0 saturated carbocycles. The van der Waals surface area contributed by atoms with Crippen molar-refractivity contribution in [2.24, 2.45) is 5.73 Å². The summed E-state index contributed by atoms with van der Waals surface area (Å²) in [5.41, 5.74) is 8.90. The number of carbonyl (C=O) groups is 1. The normalized spacial score (nSPS) is 11.4. The van der Waals surface area contributed by atoms with Gasteiger partial charge in [0.2, 0.25) is 5.91 Å². The van der Waals surface area contributed by atoms with Gasteiger partial charge in [-0.05, 0) is 38.3 Å². The Hall–Kier alpha value is -1.000. The van der Waals surface area contributed by atoms with E-state index in [4.69, 9.17) is 5.73 Å². The van der Waals surface area contributed by atoms with Gasteiger partial charge in [0.05, 0.1) is 5.75 Å². The van der Waals surface area contributed by atoms with Crippen molar-refractivity contribution in [3.63, 3.8) is 0 Å². The number of para-hydroxylation sites is 1. The number of thioether (sulfide) groups is 1. The Bertz CT molecular complexity index is 438. The van der Waals surface area contributed by atoms with E-state index in [1.165, 1.54) is 5.56 Å². The van der Waals surface area contributed by atoms with Crippen molar-refractivity contribution in [2.75, 3.05) is 16.8 Å². The lowest BCUT2D eigenvalue weighted by Crippen LogP contribution is -2.35. The second-order valence-electron chi connectivity index (χ2n) is 5.49. The van der Waals surface area contributed by atoms with Crippen LogP contribution in [0.5, 0.6) is 0 Å². The van der Waals surface area contributed by atoms with E-state index in [0.717, 1.165) is 23.4 Å². The third kappa shape index (κ3) is 5.66. The van der Waals surface area contributed by atoms with Gasteiger partial charge >= 0.3 is 0 Å². The van der Waals surface area contributed by atoms with Crippen LogP contribution in [0.1, 0.15) is 31.9 Å². The van der Waals surface area contributed by atoms with Crippen molar-refractivity contribution in [2.45, 2.75) is 39.7 Å². The Morgan fingerprint density at radius 2 is 2.11 bits per heavy atom. The van der Waals surface area contributed by atoms with Crippen LogP contribution in [-0.2, 0) is 11.2 Å². The first-order valence-electron chi connectivity index (χ1n) is 6.58. The van der Waals surface area contributed by atoms with Crippen molar-refractivity contribution in [1.82, 2.24) is 0 Å². The molecule has 0 atom stereocenters. The highest BCUT2D eigenvalue weighted by molar-refractivity contribution is 8.00. The molecular weight excluding hydrogens is 256 g/mol. The van der Waals surface area contributed by atoms with E-state index < -0.39 is 0 Å². The molecule has 0 radical (unpaired) electrons. The molecular formula is C15H24N2OS. The molecule has 1 amide bonds. The van der Waals surface area contributed by atoms with Crippen molar-refractivity contribution in [1.29, 1.82) is 0 Å². The number of nitrogens with two attached hydrogens (primary N) is 1. The number of hydrogen-bond acceptors (Lipinski definition) is 3. The van der Waals surface area contributed by atoms with E-state index in [1.54, 1.807) is 11.8 Å². The molecule has 0 aromatic heterocycles. The lowest BCUT2D eigenvalue weighted by Gasteiger charge is -2.17. The Labute approximate surface area is 120 Å². The quantitative estimate of drug-likeness (QED) is 0.842. The van der Waals surface area contributed by atoms with Gasteiger partial charge in [-0.25, -0.2) is 0 Å². The van der Waals surface area contributed by atoms with E-state index in [9.17, 15) is 4.79 Å².